The van der Waals surface area contributed by atoms with Crippen LogP contribution in [0.5, 0.6) is 0 Å². The molecule has 0 N–H and O–H groups in total. The fraction of sp³-hybridized carbons (Fsp3) is 0.545. The van der Waals surface area contributed by atoms with E-state index in [0.29, 0.717) is 10.3 Å². The minimum atomic E-state index is -4.20. The third kappa shape index (κ3) is 3.34. The van der Waals surface area contributed by atoms with Crippen LogP contribution in [0.15, 0.2) is 16.7 Å². The van der Waals surface area contributed by atoms with Gasteiger partial charge in [0.2, 0.25) is 0 Å². The molecule has 1 saturated carbocycles. The molecular formula is C11H12BrF3N2. The lowest BCUT2D eigenvalue weighted by molar-refractivity contribution is -0.120. The molecule has 17 heavy (non-hydrogen) atoms. The van der Waals surface area contributed by atoms with Crippen LogP contribution in [0.1, 0.15) is 18.4 Å². The Hall–Kier alpha value is -0.780. The van der Waals surface area contributed by atoms with E-state index < -0.39 is 12.7 Å². The summed E-state index contributed by atoms with van der Waals surface area (Å²) >= 11 is 3.28. The van der Waals surface area contributed by atoms with Gasteiger partial charge in [-0.3, -0.25) is 0 Å². The monoisotopic (exact) mass is 308 g/mol. The Morgan fingerprint density at radius 1 is 1.47 bits per heavy atom. The summed E-state index contributed by atoms with van der Waals surface area (Å²) in [7, 11) is 0. The summed E-state index contributed by atoms with van der Waals surface area (Å²) < 4.78 is 38.1. The molecule has 0 atom stereocenters. The molecule has 1 aromatic heterocycles. The Morgan fingerprint density at radius 2 is 2.12 bits per heavy atom. The van der Waals surface area contributed by atoms with Crippen LogP contribution in [0.4, 0.5) is 19.0 Å². The van der Waals surface area contributed by atoms with Crippen LogP contribution in [0.3, 0.4) is 0 Å². The van der Waals surface area contributed by atoms with E-state index in [4.69, 9.17) is 0 Å². The van der Waals surface area contributed by atoms with Gasteiger partial charge in [0.15, 0.2) is 0 Å². The Kier molecular flexibility index (Phi) is 3.34. The van der Waals surface area contributed by atoms with Gasteiger partial charge >= 0.3 is 6.18 Å². The van der Waals surface area contributed by atoms with Gasteiger partial charge in [-0.25, -0.2) is 4.98 Å². The molecule has 0 aliphatic heterocycles. The Labute approximate surface area is 106 Å². The van der Waals surface area contributed by atoms with Crippen LogP contribution >= 0.6 is 15.9 Å². The number of aromatic nitrogens is 1. The number of aryl methyl sites for hydroxylation is 1. The first-order valence-electron chi connectivity index (χ1n) is 5.32. The second-order valence-corrected chi connectivity index (χ2v) is 5.15. The predicted molar refractivity (Wildman–Crippen MR) is 63.1 cm³/mol. The van der Waals surface area contributed by atoms with Crippen molar-refractivity contribution in [1.29, 1.82) is 0 Å². The highest BCUT2D eigenvalue weighted by molar-refractivity contribution is 9.10. The average Bonchev–Trinajstić information content (AvgIpc) is 2.96. The van der Waals surface area contributed by atoms with Crippen LogP contribution in [-0.4, -0.2) is 23.7 Å². The molecule has 0 radical (unpaired) electrons. The topological polar surface area (TPSA) is 16.1 Å². The maximum absolute atomic E-state index is 12.5. The summed E-state index contributed by atoms with van der Waals surface area (Å²) in [5.41, 5.74) is 0.920. The SMILES string of the molecule is Cc1cnc(N(CC(F)(F)F)C2CC2)c(Br)c1. The van der Waals surface area contributed by atoms with E-state index in [1.54, 1.807) is 12.3 Å². The van der Waals surface area contributed by atoms with E-state index in [-0.39, 0.29) is 6.04 Å². The van der Waals surface area contributed by atoms with Gasteiger partial charge in [0.25, 0.3) is 0 Å². The highest BCUT2D eigenvalue weighted by Gasteiger charge is 2.39. The van der Waals surface area contributed by atoms with Crippen molar-refractivity contribution in [2.45, 2.75) is 32.0 Å². The van der Waals surface area contributed by atoms with Crippen molar-refractivity contribution in [3.8, 4) is 0 Å². The molecule has 0 unspecified atom stereocenters. The van der Waals surface area contributed by atoms with Crippen LogP contribution in [0.2, 0.25) is 0 Å². The van der Waals surface area contributed by atoms with Crippen molar-refractivity contribution in [3.63, 3.8) is 0 Å². The van der Waals surface area contributed by atoms with Crippen molar-refractivity contribution in [2.24, 2.45) is 0 Å². The molecule has 94 valence electrons. The van der Waals surface area contributed by atoms with E-state index in [1.165, 1.54) is 4.90 Å². The number of alkyl halides is 3. The second-order valence-electron chi connectivity index (χ2n) is 4.29. The van der Waals surface area contributed by atoms with Crippen molar-refractivity contribution in [3.05, 3.63) is 22.3 Å². The third-order valence-electron chi connectivity index (χ3n) is 2.57. The quantitative estimate of drug-likeness (QED) is 0.846. The summed E-state index contributed by atoms with van der Waals surface area (Å²) in [6, 6.07) is 1.76. The molecule has 1 aliphatic carbocycles. The number of hydrogen-bond acceptors (Lipinski definition) is 2. The van der Waals surface area contributed by atoms with Crippen molar-refractivity contribution < 1.29 is 13.2 Å². The summed E-state index contributed by atoms with van der Waals surface area (Å²) in [6.45, 7) is 0.916. The number of hydrogen-bond donors (Lipinski definition) is 0. The van der Waals surface area contributed by atoms with Gasteiger partial charge in [-0.05, 0) is 47.3 Å². The number of rotatable bonds is 3. The van der Waals surface area contributed by atoms with Crippen molar-refractivity contribution in [1.82, 2.24) is 4.98 Å². The smallest absolute Gasteiger partial charge is 0.344 e. The first-order valence-corrected chi connectivity index (χ1v) is 6.11. The summed E-state index contributed by atoms with van der Waals surface area (Å²) in [6.07, 6.45) is -1.00. The molecular weight excluding hydrogens is 297 g/mol. The molecule has 2 nitrogen and oxygen atoms in total. The van der Waals surface area contributed by atoms with E-state index in [2.05, 4.69) is 20.9 Å². The van der Waals surface area contributed by atoms with Crippen molar-refractivity contribution >= 4 is 21.7 Å². The maximum atomic E-state index is 12.5. The van der Waals surface area contributed by atoms with Gasteiger partial charge in [-0.15, -0.1) is 0 Å². The normalized spacial score (nSPS) is 16.1. The molecule has 1 aliphatic rings. The van der Waals surface area contributed by atoms with E-state index in [0.717, 1.165) is 18.4 Å². The first-order chi connectivity index (χ1) is 7.87. The zero-order chi connectivity index (χ0) is 12.6. The van der Waals surface area contributed by atoms with E-state index in [9.17, 15) is 13.2 Å². The highest BCUT2D eigenvalue weighted by Crippen LogP contribution is 2.36. The molecule has 6 heteroatoms. The van der Waals surface area contributed by atoms with E-state index in [1.807, 2.05) is 6.92 Å². The summed E-state index contributed by atoms with van der Waals surface area (Å²) in [5, 5.41) is 0. The van der Waals surface area contributed by atoms with Gasteiger partial charge in [-0.2, -0.15) is 13.2 Å². The lowest BCUT2D eigenvalue weighted by Crippen LogP contribution is -2.36. The zero-order valence-electron chi connectivity index (χ0n) is 9.26. The second kappa shape index (κ2) is 4.48. The summed E-state index contributed by atoms with van der Waals surface area (Å²) in [5.74, 6) is 0.385. The lowest BCUT2D eigenvalue weighted by Gasteiger charge is -2.25. The molecule has 2 rings (SSSR count). The van der Waals surface area contributed by atoms with Gasteiger partial charge in [0, 0.05) is 12.2 Å². The van der Waals surface area contributed by atoms with Crippen LogP contribution in [0.25, 0.3) is 0 Å². The van der Waals surface area contributed by atoms with Crippen LogP contribution in [0, 0.1) is 6.92 Å². The Morgan fingerprint density at radius 3 is 2.59 bits per heavy atom. The number of nitrogens with zero attached hydrogens (tertiary/aromatic N) is 2. The van der Waals surface area contributed by atoms with Crippen molar-refractivity contribution in [2.75, 3.05) is 11.4 Å². The zero-order valence-corrected chi connectivity index (χ0v) is 10.8. The molecule has 1 heterocycles. The predicted octanol–water partition coefficient (Wildman–Crippen LogP) is 3.68. The van der Waals surface area contributed by atoms with Crippen LogP contribution < -0.4 is 4.90 Å². The van der Waals surface area contributed by atoms with Gasteiger partial charge in [-0.1, -0.05) is 0 Å². The Balaban J connectivity index is 2.26. The number of pyridine rings is 1. The average molecular weight is 309 g/mol. The molecule has 0 amide bonds. The summed E-state index contributed by atoms with van der Waals surface area (Å²) in [4.78, 5) is 5.44. The molecule has 1 fully saturated rings. The lowest BCUT2D eigenvalue weighted by atomic mass is 10.3. The number of halogens is 4. The molecule has 0 aromatic carbocycles. The highest BCUT2D eigenvalue weighted by atomic mass is 79.9. The molecule has 1 aromatic rings. The van der Waals surface area contributed by atoms with Crippen LogP contribution in [-0.2, 0) is 0 Å². The van der Waals surface area contributed by atoms with Gasteiger partial charge < -0.3 is 4.90 Å². The van der Waals surface area contributed by atoms with Gasteiger partial charge in [0.1, 0.15) is 12.4 Å². The minimum absolute atomic E-state index is 0.0249. The van der Waals surface area contributed by atoms with E-state index >= 15 is 0 Å². The fourth-order valence-corrected chi connectivity index (χ4v) is 2.39. The maximum Gasteiger partial charge on any atom is 0.405 e. The largest absolute Gasteiger partial charge is 0.405 e. The Bertz CT molecular complexity index is 416. The fourth-order valence-electron chi connectivity index (χ4n) is 1.69. The molecule has 0 saturated heterocycles. The third-order valence-corrected chi connectivity index (χ3v) is 3.15. The van der Waals surface area contributed by atoms with Gasteiger partial charge in [0.05, 0.1) is 4.47 Å². The number of anilines is 1. The first kappa shape index (κ1) is 12.7. The molecule has 0 bridgehead atoms. The standard InChI is InChI=1S/C11H12BrF3N2/c1-7-4-9(12)10(16-5-7)17(8-2-3-8)6-11(13,14)15/h4-5,8H,2-3,6H2,1H3. The minimum Gasteiger partial charge on any atom is -0.344 e. The molecule has 0 spiro atoms.